The number of alkyl halides is 2. The number of carbonyl (C=O) groups excluding carboxylic acids is 1. The van der Waals surface area contributed by atoms with Crippen LogP contribution in [0, 0.1) is 5.92 Å². The van der Waals surface area contributed by atoms with E-state index in [4.69, 9.17) is 27.9 Å². The number of H-pyrrole nitrogens is 1. The number of rotatable bonds is 8. The van der Waals surface area contributed by atoms with E-state index in [-0.39, 0.29) is 28.6 Å². The second-order valence-electron chi connectivity index (χ2n) is 7.75. The SMILES string of the molecule is COCCN1CCC(NC(=O)c2[nH]ncc2NCC2C(Cl)CCCC2Cl)CC1. The van der Waals surface area contributed by atoms with Crippen LogP contribution < -0.4 is 10.6 Å². The number of ether oxygens (including phenoxy) is 1. The fourth-order valence-corrected chi connectivity index (χ4v) is 4.93. The van der Waals surface area contributed by atoms with Crippen LogP contribution in [0.2, 0.25) is 0 Å². The van der Waals surface area contributed by atoms with Gasteiger partial charge in [0.2, 0.25) is 0 Å². The Bertz CT molecular complexity index is 611. The molecule has 2 atom stereocenters. The average Bonchev–Trinajstić information content (AvgIpc) is 3.16. The molecular formula is C19H31Cl2N5O2. The van der Waals surface area contributed by atoms with Gasteiger partial charge in [0.15, 0.2) is 0 Å². The van der Waals surface area contributed by atoms with Gasteiger partial charge in [0.25, 0.3) is 5.91 Å². The van der Waals surface area contributed by atoms with Gasteiger partial charge in [-0.05, 0) is 25.7 Å². The third kappa shape index (κ3) is 5.75. The standard InChI is InChI=1S/C19H31Cl2N5O2/c1-28-10-9-26-7-5-13(6-8-26)24-19(27)18-17(12-23-25-18)22-11-14-15(20)3-2-4-16(14)21/h12-16,22H,2-11H2,1H3,(H,23,25)(H,24,27). The Hall–Kier alpha value is -1.02. The highest BCUT2D eigenvalue weighted by atomic mass is 35.5. The number of hydrogen-bond acceptors (Lipinski definition) is 5. The van der Waals surface area contributed by atoms with Crippen molar-refractivity contribution >= 4 is 34.8 Å². The lowest BCUT2D eigenvalue weighted by Gasteiger charge is -2.32. The molecule has 0 aromatic carbocycles. The van der Waals surface area contributed by atoms with Crippen LogP contribution in [-0.2, 0) is 4.74 Å². The van der Waals surface area contributed by atoms with Gasteiger partial charge in [-0.25, -0.2) is 0 Å². The molecule has 9 heteroatoms. The van der Waals surface area contributed by atoms with Gasteiger partial charge < -0.3 is 20.3 Å². The molecule has 3 rings (SSSR count). The number of halogens is 2. The molecule has 1 aliphatic carbocycles. The van der Waals surface area contributed by atoms with Crippen LogP contribution in [-0.4, -0.2) is 77.7 Å². The fourth-order valence-electron chi connectivity index (χ4n) is 4.02. The molecule has 0 spiro atoms. The van der Waals surface area contributed by atoms with E-state index in [2.05, 4.69) is 25.7 Å². The summed E-state index contributed by atoms with van der Waals surface area (Å²) in [5.74, 6) is 0.0585. The maximum atomic E-state index is 12.7. The summed E-state index contributed by atoms with van der Waals surface area (Å²) in [6.45, 7) is 4.26. The first-order chi connectivity index (χ1) is 13.6. The van der Waals surface area contributed by atoms with Gasteiger partial charge in [-0.3, -0.25) is 9.89 Å². The highest BCUT2D eigenvalue weighted by Gasteiger charge is 2.31. The third-order valence-electron chi connectivity index (χ3n) is 5.82. The summed E-state index contributed by atoms with van der Waals surface area (Å²) in [5.41, 5.74) is 1.17. The molecule has 2 unspecified atom stereocenters. The number of carbonyl (C=O) groups is 1. The molecule has 0 bridgehead atoms. The number of likely N-dealkylation sites (tertiary alicyclic amines) is 1. The Morgan fingerprint density at radius 1 is 1.29 bits per heavy atom. The van der Waals surface area contributed by atoms with Gasteiger partial charge in [-0.2, -0.15) is 5.10 Å². The van der Waals surface area contributed by atoms with Crippen LogP contribution in [0.5, 0.6) is 0 Å². The van der Waals surface area contributed by atoms with Crippen molar-refractivity contribution in [2.75, 3.05) is 45.2 Å². The minimum Gasteiger partial charge on any atom is -0.383 e. The van der Waals surface area contributed by atoms with Crippen LogP contribution in [0.25, 0.3) is 0 Å². The van der Waals surface area contributed by atoms with Crippen LogP contribution >= 0.6 is 23.2 Å². The minimum atomic E-state index is -0.121. The zero-order chi connectivity index (χ0) is 19.9. The zero-order valence-electron chi connectivity index (χ0n) is 16.4. The van der Waals surface area contributed by atoms with Gasteiger partial charge in [-0.1, -0.05) is 6.42 Å². The normalized spacial score (nSPS) is 26.9. The first-order valence-corrected chi connectivity index (χ1v) is 11.0. The van der Waals surface area contributed by atoms with E-state index in [0.29, 0.717) is 17.9 Å². The molecule has 2 fully saturated rings. The number of nitrogens with zero attached hydrogens (tertiary/aromatic N) is 2. The molecule has 2 aliphatic rings. The molecule has 0 radical (unpaired) electrons. The number of piperidine rings is 1. The quantitative estimate of drug-likeness (QED) is 0.551. The third-order valence-corrected chi connectivity index (χ3v) is 6.90. The minimum absolute atomic E-state index is 0.0659. The van der Waals surface area contributed by atoms with E-state index in [1.165, 1.54) is 0 Å². The van der Waals surface area contributed by atoms with E-state index in [0.717, 1.165) is 58.3 Å². The van der Waals surface area contributed by atoms with Crippen molar-refractivity contribution in [1.29, 1.82) is 0 Å². The van der Waals surface area contributed by atoms with Crippen molar-refractivity contribution in [3.8, 4) is 0 Å². The Balaban J connectivity index is 1.48. The van der Waals surface area contributed by atoms with Crippen molar-refractivity contribution in [3.63, 3.8) is 0 Å². The fraction of sp³-hybridized carbons (Fsp3) is 0.789. The van der Waals surface area contributed by atoms with E-state index in [1.54, 1.807) is 13.3 Å². The van der Waals surface area contributed by atoms with Crippen LogP contribution in [0.15, 0.2) is 6.20 Å². The van der Waals surface area contributed by atoms with E-state index >= 15 is 0 Å². The predicted octanol–water partition coefficient (Wildman–Crippen LogP) is 2.68. The number of aromatic amines is 1. The zero-order valence-corrected chi connectivity index (χ0v) is 17.9. The maximum absolute atomic E-state index is 12.7. The summed E-state index contributed by atoms with van der Waals surface area (Å²) in [7, 11) is 1.72. The number of nitrogens with one attached hydrogen (secondary N) is 3. The molecule has 158 valence electrons. The summed E-state index contributed by atoms with van der Waals surface area (Å²) in [6.07, 6.45) is 6.57. The van der Waals surface area contributed by atoms with Gasteiger partial charge >= 0.3 is 0 Å². The Labute approximate surface area is 176 Å². The van der Waals surface area contributed by atoms with E-state index in [1.807, 2.05) is 0 Å². The first-order valence-electron chi connectivity index (χ1n) is 10.2. The number of amides is 1. The Morgan fingerprint density at radius 3 is 2.68 bits per heavy atom. The molecule has 1 saturated carbocycles. The molecule has 7 nitrogen and oxygen atoms in total. The second-order valence-corrected chi connectivity index (χ2v) is 8.87. The van der Waals surface area contributed by atoms with Gasteiger partial charge in [0, 0.05) is 56.0 Å². The molecule has 1 aromatic rings. The summed E-state index contributed by atoms with van der Waals surface area (Å²) in [4.78, 5) is 15.1. The summed E-state index contributed by atoms with van der Waals surface area (Å²) in [5, 5.41) is 13.5. The molecule has 2 heterocycles. The summed E-state index contributed by atoms with van der Waals surface area (Å²) in [6, 6.07) is 0.181. The monoisotopic (exact) mass is 431 g/mol. The van der Waals surface area contributed by atoms with Crippen molar-refractivity contribution in [1.82, 2.24) is 20.4 Å². The highest BCUT2D eigenvalue weighted by Crippen LogP contribution is 2.33. The van der Waals surface area contributed by atoms with E-state index < -0.39 is 0 Å². The van der Waals surface area contributed by atoms with Crippen LogP contribution in [0.4, 0.5) is 5.69 Å². The molecule has 1 aromatic heterocycles. The van der Waals surface area contributed by atoms with Crippen molar-refractivity contribution in [2.45, 2.75) is 48.9 Å². The van der Waals surface area contributed by atoms with Gasteiger partial charge in [-0.15, -0.1) is 23.2 Å². The Morgan fingerprint density at radius 2 is 2.00 bits per heavy atom. The number of aromatic nitrogens is 2. The van der Waals surface area contributed by atoms with Crippen molar-refractivity contribution < 1.29 is 9.53 Å². The Kier molecular flexibility index (Phi) is 8.26. The summed E-state index contributed by atoms with van der Waals surface area (Å²) < 4.78 is 5.13. The lowest BCUT2D eigenvalue weighted by Crippen LogP contribution is -2.45. The maximum Gasteiger partial charge on any atom is 0.271 e. The van der Waals surface area contributed by atoms with Crippen molar-refractivity contribution in [2.24, 2.45) is 5.92 Å². The molecule has 1 aliphatic heterocycles. The van der Waals surface area contributed by atoms with Gasteiger partial charge in [0.1, 0.15) is 5.69 Å². The lowest BCUT2D eigenvalue weighted by molar-refractivity contribution is 0.0888. The highest BCUT2D eigenvalue weighted by molar-refractivity contribution is 6.24. The molecule has 1 saturated heterocycles. The van der Waals surface area contributed by atoms with E-state index in [9.17, 15) is 4.79 Å². The number of methoxy groups -OCH3 is 1. The molecular weight excluding hydrogens is 401 g/mol. The number of hydrogen-bond donors (Lipinski definition) is 3. The predicted molar refractivity (Wildman–Crippen MR) is 113 cm³/mol. The topological polar surface area (TPSA) is 82.3 Å². The lowest BCUT2D eigenvalue weighted by atomic mass is 9.88. The molecule has 28 heavy (non-hydrogen) atoms. The van der Waals surface area contributed by atoms with Crippen LogP contribution in [0.1, 0.15) is 42.6 Å². The summed E-state index contributed by atoms with van der Waals surface area (Å²) >= 11 is 12.9. The number of anilines is 1. The van der Waals surface area contributed by atoms with Gasteiger partial charge in [0.05, 0.1) is 18.5 Å². The molecule has 3 N–H and O–H groups in total. The first kappa shape index (κ1) is 21.7. The smallest absolute Gasteiger partial charge is 0.271 e. The largest absolute Gasteiger partial charge is 0.383 e. The van der Waals surface area contributed by atoms with Crippen molar-refractivity contribution in [3.05, 3.63) is 11.9 Å². The van der Waals surface area contributed by atoms with Crippen LogP contribution in [0.3, 0.4) is 0 Å². The average molecular weight is 432 g/mol. The second kappa shape index (κ2) is 10.7. The molecule has 1 amide bonds.